The lowest BCUT2D eigenvalue weighted by Crippen LogP contribution is -2.23. The molecule has 1 aromatic carbocycles. The minimum absolute atomic E-state index is 0.190. The summed E-state index contributed by atoms with van der Waals surface area (Å²) in [4.78, 5) is 13.3. The van der Waals surface area contributed by atoms with Gasteiger partial charge in [-0.2, -0.15) is 0 Å². The number of nitrogens with zero attached hydrogens (tertiary/aromatic N) is 1. The lowest BCUT2D eigenvalue weighted by Gasteiger charge is -2.17. The molecule has 5 heteroatoms. The number of carboxylic acids is 1. The molecule has 2 atom stereocenters. The third-order valence-electron chi connectivity index (χ3n) is 3.64. The van der Waals surface area contributed by atoms with Crippen LogP contribution in [0.15, 0.2) is 22.7 Å². The summed E-state index contributed by atoms with van der Waals surface area (Å²) < 4.78 is 6.35. The molecule has 1 N–H and O–H groups in total. The zero-order valence-corrected chi connectivity index (χ0v) is 12.7. The Hall–Kier alpha value is -1.07. The summed E-state index contributed by atoms with van der Waals surface area (Å²) in [5, 5.41) is 9.15. The van der Waals surface area contributed by atoms with Crippen molar-refractivity contribution in [2.24, 2.45) is 11.8 Å². The molecule has 1 saturated heterocycles. The van der Waals surface area contributed by atoms with E-state index in [4.69, 9.17) is 9.84 Å². The van der Waals surface area contributed by atoms with E-state index in [1.807, 2.05) is 25.1 Å². The van der Waals surface area contributed by atoms with Gasteiger partial charge in [-0.3, -0.25) is 9.69 Å². The Labute approximate surface area is 121 Å². The fourth-order valence-corrected chi connectivity index (χ4v) is 3.04. The molecule has 4 nitrogen and oxygen atoms in total. The first kappa shape index (κ1) is 14.3. The van der Waals surface area contributed by atoms with E-state index in [0.717, 1.165) is 28.9 Å². The van der Waals surface area contributed by atoms with Crippen molar-refractivity contribution in [1.82, 2.24) is 4.90 Å². The van der Waals surface area contributed by atoms with Gasteiger partial charge >= 0.3 is 5.97 Å². The van der Waals surface area contributed by atoms with Crippen LogP contribution in [0.25, 0.3) is 0 Å². The second-order valence-corrected chi connectivity index (χ2v) is 5.99. The molecular weight excluding hydrogens is 310 g/mol. The van der Waals surface area contributed by atoms with Crippen LogP contribution in [-0.2, 0) is 11.3 Å². The van der Waals surface area contributed by atoms with Gasteiger partial charge in [-0.1, -0.05) is 22.9 Å². The molecule has 1 aliphatic heterocycles. The normalized spacial score (nSPS) is 23.5. The Kier molecular flexibility index (Phi) is 4.47. The quantitative estimate of drug-likeness (QED) is 0.923. The number of carboxylic acid groups (broad SMARTS) is 1. The topological polar surface area (TPSA) is 49.8 Å². The van der Waals surface area contributed by atoms with Crippen LogP contribution in [0.3, 0.4) is 0 Å². The number of halogens is 1. The molecule has 0 spiro atoms. The minimum atomic E-state index is -0.698. The largest absolute Gasteiger partial charge is 0.496 e. The number of aliphatic carboxylic acids is 1. The van der Waals surface area contributed by atoms with Crippen molar-refractivity contribution in [2.75, 3.05) is 20.2 Å². The van der Waals surface area contributed by atoms with Crippen molar-refractivity contribution in [2.45, 2.75) is 13.5 Å². The summed E-state index contributed by atoms with van der Waals surface area (Å²) in [5.74, 6) is 0.0691. The Morgan fingerprint density at radius 1 is 1.53 bits per heavy atom. The Balaban J connectivity index is 2.10. The Bertz CT molecular complexity index is 478. The molecule has 0 aromatic heterocycles. The second-order valence-electron chi connectivity index (χ2n) is 5.07. The van der Waals surface area contributed by atoms with Gasteiger partial charge in [0.1, 0.15) is 5.75 Å². The minimum Gasteiger partial charge on any atom is -0.496 e. The van der Waals surface area contributed by atoms with Gasteiger partial charge in [0.05, 0.1) is 13.0 Å². The summed E-state index contributed by atoms with van der Waals surface area (Å²) in [6.07, 6.45) is 0. The van der Waals surface area contributed by atoms with Gasteiger partial charge in [0.25, 0.3) is 0 Å². The molecule has 104 valence electrons. The maximum atomic E-state index is 11.1. The number of carbonyl (C=O) groups is 1. The molecule has 0 radical (unpaired) electrons. The number of ether oxygens (including phenoxy) is 1. The van der Waals surface area contributed by atoms with Crippen molar-refractivity contribution < 1.29 is 14.6 Å². The van der Waals surface area contributed by atoms with E-state index in [-0.39, 0.29) is 11.8 Å². The van der Waals surface area contributed by atoms with Gasteiger partial charge in [-0.15, -0.1) is 0 Å². The highest BCUT2D eigenvalue weighted by Gasteiger charge is 2.34. The summed E-state index contributed by atoms with van der Waals surface area (Å²) in [6, 6.07) is 5.89. The van der Waals surface area contributed by atoms with E-state index in [1.54, 1.807) is 7.11 Å². The lowest BCUT2D eigenvalue weighted by atomic mass is 9.99. The van der Waals surface area contributed by atoms with Crippen molar-refractivity contribution in [3.8, 4) is 5.75 Å². The molecule has 0 bridgehead atoms. The molecule has 2 rings (SSSR count). The van der Waals surface area contributed by atoms with Crippen LogP contribution < -0.4 is 4.74 Å². The summed E-state index contributed by atoms with van der Waals surface area (Å²) in [5.41, 5.74) is 1.08. The third kappa shape index (κ3) is 3.28. The highest BCUT2D eigenvalue weighted by atomic mass is 79.9. The summed E-state index contributed by atoms with van der Waals surface area (Å²) in [6.45, 7) is 4.13. The summed E-state index contributed by atoms with van der Waals surface area (Å²) >= 11 is 3.45. The predicted molar refractivity (Wildman–Crippen MR) is 76.3 cm³/mol. The van der Waals surface area contributed by atoms with Crippen LogP contribution in [-0.4, -0.2) is 36.2 Å². The highest BCUT2D eigenvalue weighted by molar-refractivity contribution is 9.10. The fraction of sp³-hybridized carbons (Fsp3) is 0.500. The Morgan fingerprint density at radius 2 is 2.26 bits per heavy atom. The van der Waals surface area contributed by atoms with Gasteiger partial charge in [0, 0.05) is 29.7 Å². The standard InChI is InChI=1S/C14H18BrNO3/c1-9-6-16(8-12(9)14(17)18)7-10-5-11(15)3-4-13(10)19-2/h3-5,9,12H,6-8H2,1-2H3,(H,17,18)/t9-,12-/m1/s1. The van der Waals surface area contributed by atoms with Crippen LogP contribution in [0.2, 0.25) is 0 Å². The van der Waals surface area contributed by atoms with Crippen molar-refractivity contribution in [3.05, 3.63) is 28.2 Å². The van der Waals surface area contributed by atoms with Gasteiger partial charge in [0.15, 0.2) is 0 Å². The predicted octanol–water partition coefficient (Wildman–Crippen LogP) is 2.61. The smallest absolute Gasteiger partial charge is 0.308 e. The average molecular weight is 328 g/mol. The first-order chi connectivity index (χ1) is 9.01. The Morgan fingerprint density at radius 3 is 2.84 bits per heavy atom. The monoisotopic (exact) mass is 327 g/mol. The van der Waals surface area contributed by atoms with E-state index >= 15 is 0 Å². The zero-order valence-electron chi connectivity index (χ0n) is 11.1. The number of methoxy groups -OCH3 is 1. The summed E-state index contributed by atoms with van der Waals surface area (Å²) in [7, 11) is 1.65. The average Bonchev–Trinajstić information content (AvgIpc) is 2.71. The van der Waals surface area contributed by atoms with E-state index < -0.39 is 5.97 Å². The van der Waals surface area contributed by atoms with Crippen molar-refractivity contribution >= 4 is 21.9 Å². The van der Waals surface area contributed by atoms with Gasteiger partial charge < -0.3 is 9.84 Å². The number of benzene rings is 1. The highest BCUT2D eigenvalue weighted by Crippen LogP contribution is 2.29. The number of hydrogen-bond donors (Lipinski definition) is 1. The van der Waals surface area contributed by atoms with Crippen LogP contribution in [0.4, 0.5) is 0 Å². The van der Waals surface area contributed by atoms with Gasteiger partial charge in [-0.05, 0) is 24.1 Å². The first-order valence-electron chi connectivity index (χ1n) is 6.29. The van der Waals surface area contributed by atoms with Gasteiger partial charge in [-0.25, -0.2) is 0 Å². The van der Waals surface area contributed by atoms with E-state index in [9.17, 15) is 4.79 Å². The van der Waals surface area contributed by atoms with Gasteiger partial charge in [0.2, 0.25) is 0 Å². The molecule has 0 amide bonds. The molecule has 1 heterocycles. The molecule has 19 heavy (non-hydrogen) atoms. The maximum Gasteiger partial charge on any atom is 0.308 e. The van der Waals surface area contributed by atoms with Crippen LogP contribution >= 0.6 is 15.9 Å². The van der Waals surface area contributed by atoms with Crippen LogP contribution in [0.5, 0.6) is 5.75 Å². The van der Waals surface area contributed by atoms with Crippen molar-refractivity contribution in [1.29, 1.82) is 0 Å². The van der Waals surface area contributed by atoms with Crippen LogP contribution in [0.1, 0.15) is 12.5 Å². The molecule has 1 aliphatic rings. The molecule has 0 unspecified atom stereocenters. The molecule has 1 aromatic rings. The third-order valence-corrected chi connectivity index (χ3v) is 4.13. The lowest BCUT2D eigenvalue weighted by molar-refractivity contribution is -0.142. The van der Waals surface area contributed by atoms with Crippen molar-refractivity contribution in [3.63, 3.8) is 0 Å². The van der Waals surface area contributed by atoms with E-state index in [0.29, 0.717) is 6.54 Å². The zero-order chi connectivity index (χ0) is 14.0. The molecular formula is C14H18BrNO3. The number of rotatable bonds is 4. The van der Waals surface area contributed by atoms with Crippen LogP contribution in [0, 0.1) is 11.8 Å². The first-order valence-corrected chi connectivity index (χ1v) is 7.08. The molecule has 0 aliphatic carbocycles. The van der Waals surface area contributed by atoms with E-state index in [1.165, 1.54) is 0 Å². The number of hydrogen-bond acceptors (Lipinski definition) is 3. The second kappa shape index (κ2) is 5.92. The fourth-order valence-electron chi connectivity index (χ4n) is 2.63. The molecule has 1 fully saturated rings. The molecule has 0 saturated carbocycles. The number of likely N-dealkylation sites (tertiary alicyclic amines) is 1. The van der Waals surface area contributed by atoms with E-state index in [2.05, 4.69) is 20.8 Å². The maximum absolute atomic E-state index is 11.1. The SMILES string of the molecule is COc1ccc(Br)cc1CN1C[C@@H](C)[C@H](C(=O)O)C1.